The molecule has 0 spiro atoms. The van der Waals surface area contributed by atoms with Gasteiger partial charge in [-0.3, -0.25) is 14.4 Å². The third kappa shape index (κ3) is 3.33. The smallest absolute Gasteiger partial charge is 0.312 e. The summed E-state index contributed by atoms with van der Waals surface area (Å²) in [7, 11) is 2.81. The van der Waals surface area contributed by atoms with E-state index in [1.54, 1.807) is 0 Å². The number of ether oxygens (including phenoxy) is 2. The number of Topliss-reactive ketones (excluding diaryl/α,β-unsaturated/α-hetero) is 1. The van der Waals surface area contributed by atoms with Crippen molar-refractivity contribution in [3.63, 3.8) is 0 Å². The van der Waals surface area contributed by atoms with Crippen LogP contribution in [0.25, 0.3) is 0 Å². The second-order valence-corrected chi connectivity index (χ2v) is 16.4. The topological polar surface area (TPSA) is 89.9 Å². The fourth-order valence-corrected chi connectivity index (χ4v) is 11.2. The highest BCUT2D eigenvalue weighted by molar-refractivity contribution is 14.1. The summed E-state index contributed by atoms with van der Waals surface area (Å²) in [5, 5.41) is 11.5. The zero-order valence-electron chi connectivity index (χ0n) is 23.9. The fraction of sp³-hybridized carbons (Fsp3) is 0.774. The molecule has 0 saturated heterocycles. The predicted octanol–water partition coefficient (Wildman–Crippen LogP) is 5.60. The van der Waals surface area contributed by atoms with Gasteiger partial charge in [0.05, 0.1) is 15.9 Å². The van der Waals surface area contributed by atoms with Crippen LogP contribution in [0.15, 0.2) is 23.8 Å². The molecule has 7 heteroatoms. The van der Waals surface area contributed by atoms with E-state index in [9.17, 15) is 19.5 Å². The monoisotopic (exact) mass is 638 g/mol. The number of ketones is 2. The maximum Gasteiger partial charge on any atom is 0.312 e. The Morgan fingerprint density at radius 3 is 2.29 bits per heavy atom. The lowest BCUT2D eigenvalue weighted by Crippen LogP contribution is -2.69. The number of aliphatic hydroxyl groups is 1. The Morgan fingerprint density at radius 1 is 1.03 bits per heavy atom. The number of esters is 1. The van der Waals surface area contributed by atoms with Crippen LogP contribution in [-0.4, -0.2) is 46.1 Å². The molecule has 9 unspecified atom stereocenters. The van der Waals surface area contributed by atoms with Crippen molar-refractivity contribution >= 4 is 40.1 Å². The molecule has 0 aromatic rings. The maximum absolute atomic E-state index is 14.3. The molecule has 38 heavy (non-hydrogen) atoms. The van der Waals surface area contributed by atoms with Crippen LogP contribution in [0.3, 0.4) is 0 Å². The normalized spacial score (nSPS) is 49.7. The molecule has 0 amide bonds. The molecular formula is C31H43IO6. The van der Waals surface area contributed by atoms with Crippen molar-refractivity contribution in [1.82, 2.24) is 0 Å². The largest absolute Gasteiger partial charge is 0.469 e. The highest BCUT2D eigenvalue weighted by Crippen LogP contribution is 2.72. The molecule has 6 nitrogen and oxygen atoms in total. The number of rotatable bonds is 2. The van der Waals surface area contributed by atoms with E-state index >= 15 is 0 Å². The zero-order chi connectivity index (χ0) is 28.3. The van der Waals surface area contributed by atoms with Crippen molar-refractivity contribution in [2.24, 2.45) is 45.3 Å². The summed E-state index contributed by atoms with van der Waals surface area (Å²) >= 11 is 2.18. The Hall–Kier alpha value is -1.06. The van der Waals surface area contributed by atoms with Gasteiger partial charge >= 0.3 is 5.97 Å². The number of hydrogen-bond donors (Lipinski definition) is 1. The van der Waals surface area contributed by atoms with E-state index in [0.717, 1.165) is 50.5 Å². The van der Waals surface area contributed by atoms with Crippen LogP contribution in [-0.2, 0) is 23.9 Å². The number of fused-ring (bicyclic) bond motifs is 7. The first kappa shape index (κ1) is 28.5. The van der Waals surface area contributed by atoms with Gasteiger partial charge in [0, 0.05) is 18.4 Å². The van der Waals surface area contributed by atoms with Gasteiger partial charge in [-0.2, -0.15) is 0 Å². The third-order valence-corrected chi connectivity index (χ3v) is 13.3. The summed E-state index contributed by atoms with van der Waals surface area (Å²) in [5.41, 5.74) is -0.359. The van der Waals surface area contributed by atoms with E-state index < -0.39 is 20.0 Å². The van der Waals surface area contributed by atoms with Crippen molar-refractivity contribution in [3.05, 3.63) is 23.8 Å². The minimum absolute atomic E-state index is 0.0505. The molecule has 9 atom stereocenters. The first-order valence-electron chi connectivity index (χ1n) is 14.0. The molecule has 0 bridgehead atoms. The van der Waals surface area contributed by atoms with Crippen LogP contribution < -0.4 is 0 Å². The Kier molecular flexibility index (Phi) is 6.35. The van der Waals surface area contributed by atoms with Crippen molar-refractivity contribution in [2.45, 2.75) is 88.8 Å². The number of allylic oxidation sites excluding steroid dienone is 2. The van der Waals surface area contributed by atoms with Gasteiger partial charge in [0.1, 0.15) is 0 Å². The van der Waals surface area contributed by atoms with Gasteiger partial charge in [-0.1, -0.05) is 56.9 Å². The molecule has 4 fully saturated rings. The maximum atomic E-state index is 14.3. The van der Waals surface area contributed by atoms with E-state index in [4.69, 9.17) is 9.47 Å². The molecular weight excluding hydrogens is 595 g/mol. The molecule has 5 rings (SSSR count). The van der Waals surface area contributed by atoms with Crippen molar-refractivity contribution in [2.75, 3.05) is 14.2 Å². The Balaban J connectivity index is 1.67. The number of carbonyl (C=O) groups excluding carboxylic acids is 3. The molecule has 0 aliphatic heterocycles. The summed E-state index contributed by atoms with van der Waals surface area (Å²) in [5.74, 6) is -2.94. The Morgan fingerprint density at radius 2 is 1.68 bits per heavy atom. The van der Waals surface area contributed by atoms with Gasteiger partial charge in [0.2, 0.25) is 5.78 Å². The lowest BCUT2D eigenvalue weighted by atomic mass is 9.38. The second kappa shape index (κ2) is 8.48. The molecule has 4 saturated carbocycles. The van der Waals surface area contributed by atoms with E-state index in [1.807, 2.05) is 13.0 Å². The highest BCUT2D eigenvalue weighted by Gasteiger charge is 2.72. The van der Waals surface area contributed by atoms with E-state index in [1.165, 1.54) is 14.2 Å². The van der Waals surface area contributed by atoms with Crippen LogP contribution in [0, 0.1) is 45.3 Å². The van der Waals surface area contributed by atoms with Gasteiger partial charge in [0.25, 0.3) is 5.79 Å². The van der Waals surface area contributed by atoms with Crippen LogP contribution in [0.5, 0.6) is 0 Å². The Labute approximate surface area is 240 Å². The van der Waals surface area contributed by atoms with Crippen LogP contribution in [0.2, 0.25) is 0 Å². The highest BCUT2D eigenvalue weighted by atomic mass is 127. The van der Waals surface area contributed by atoms with E-state index in [-0.39, 0.29) is 52.0 Å². The number of hydrogen-bond acceptors (Lipinski definition) is 6. The SMILES string of the molecule is C=C1C(O)(OC)C(=O)C(C)(I)C2CCC3(C)C(=CC(=O)C4C3CCC3(C(=O)OC)CCC(C)(C)CC43)C12C. The van der Waals surface area contributed by atoms with Gasteiger partial charge in [-0.25, -0.2) is 0 Å². The lowest BCUT2D eigenvalue weighted by molar-refractivity contribution is -0.199. The van der Waals surface area contributed by atoms with Gasteiger partial charge in [0.15, 0.2) is 5.78 Å². The van der Waals surface area contributed by atoms with E-state index in [2.05, 4.69) is 56.9 Å². The first-order valence-corrected chi connectivity index (χ1v) is 15.1. The second-order valence-electron chi connectivity index (χ2n) is 14.2. The quantitative estimate of drug-likeness (QED) is 0.139. The average molecular weight is 639 g/mol. The van der Waals surface area contributed by atoms with Gasteiger partial charge in [-0.15, -0.1) is 0 Å². The molecule has 0 aromatic carbocycles. The number of carbonyl (C=O) groups is 3. The fourth-order valence-electron chi connectivity index (χ4n) is 9.93. The first-order chi connectivity index (χ1) is 17.5. The van der Waals surface area contributed by atoms with E-state index in [0.29, 0.717) is 5.57 Å². The van der Waals surface area contributed by atoms with Gasteiger partial charge < -0.3 is 14.6 Å². The standard InChI is InChI=1S/C31H43IO6/c1-17-28(5)21(29(6,32)24(34)31(17,36)38-8)10-11-27(4)18-9-12-30(25(35)37-7)14-13-26(2,3)16-19(30)23(18)20(33)15-22(27)28/h15,18-19,21,23,36H,1,9-14,16H2,2-8H3. The molecule has 0 radical (unpaired) electrons. The molecule has 5 aliphatic rings. The van der Waals surface area contributed by atoms with Gasteiger partial charge in [-0.05, 0) is 97.7 Å². The summed E-state index contributed by atoms with van der Waals surface area (Å²) in [4.78, 5) is 41.1. The predicted molar refractivity (Wildman–Crippen MR) is 152 cm³/mol. The van der Waals surface area contributed by atoms with Crippen molar-refractivity contribution < 1.29 is 29.0 Å². The summed E-state index contributed by atoms with van der Waals surface area (Å²) in [6, 6.07) is 0. The van der Waals surface area contributed by atoms with Crippen LogP contribution in [0.4, 0.5) is 0 Å². The molecule has 1 N–H and O–H groups in total. The number of methoxy groups -OCH3 is 2. The summed E-state index contributed by atoms with van der Waals surface area (Å²) in [6.45, 7) is 15.0. The van der Waals surface area contributed by atoms with Crippen LogP contribution >= 0.6 is 22.6 Å². The average Bonchev–Trinajstić information content (AvgIpc) is 2.86. The number of halogens is 1. The third-order valence-electron chi connectivity index (χ3n) is 12.1. The minimum Gasteiger partial charge on any atom is -0.469 e. The summed E-state index contributed by atoms with van der Waals surface area (Å²) < 4.78 is 9.98. The van der Waals surface area contributed by atoms with Crippen molar-refractivity contribution in [3.8, 4) is 0 Å². The van der Waals surface area contributed by atoms with Crippen LogP contribution in [0.1, 0.15) is 79.6 Å². The molecule has 5 aliphatic carbocycles. The minimum atomic E-state index is -2.11. The summed E-state index contributed by atoms with van der Waals surface area (Å²) in [6.07, 6.45) is 7.48. The zero-order valence-corrected chi connectivity index (χ0v) is 26.1. The molecule has 0 heterocycles. The molecule has 0 aromatic heterocycles. The Bertz CT molecular complexity index is 1150. The number of alkyl halides is 1. The molecule has 210 valence electrons. The van der Waals surface area contributed by atoms with Crippen molar-refractivity contribution in [1.29, 1.82) is 0 Å². The lowest BCUT2D eigenvalue weighted by Gasteiger charge is -2.66.